The predicted octanol–water partition coefficient (Wildman–Crippen LogP) is 2.22. The first-order valence-corrected chi connectivity index (χ1v) is 8.84. The first-order valence-electron chi connectivity index (χ1n) is 7.96. The van der Waals surface area contributed by atoms with Gasteiger partial charge in [0.2, 0.25) is 0 Å². The van der Waals surface area contributed by atoms with E-state index in [1.54, 1.807) is 11.3 Å². The summed E-state index contributed by atoms with van der Waals surface area (Å²) in [6.07, 6.45) is 6.01. The van der Waals surface area contributed by atoms with Crippen molar-refractivity contribution in [2.24, 2.45) is 12.0 Å². The molecule has 0 aromatic carbocycles. The van der Waals surface area contributed by atoms with Crippen LogP contribution >= 0.6 is 11.3 Å². The van der Waals surface area contributed by atoms with Gasteiger partial charge >= 0.3 is 0 Å². The Morgan fingerprint density at radius 3 is 2.91 bits per heavy atom. The molecule has 0 atom stereocenters. The molecule has 7 heteroatoms. The summed E-state index contributed by atoms with van der Waals surface area (Å²) >= 11 is 1.69. The summed E-state index contributed by atoms with van der Waals surface area (Å²) in [5.74, 6) is 0.935. The third kappa shape index (κ3) is 5.67. The minimum absolute atomic E-state index is 0.777. The van der Waals surface area contributed by atoms with Crippen molar-refractivity contribution in [1.82, 2.24) is 25.0 Å². The van der Waals surface area contributed by atoms with Gasteiger partial charge in [0.05, 0.1) is 23.4 Å². The van der Waals surface area contributed by atoms with Crippen molar-refractivity contribution >= 4 is 17.3 Å². The van der Waals surface area contributed by atoms with Crippen LogP contribution in [0.15, 0.2) is 22.8 Å². The smallest absolute Gasteiger partial charge is 0.194 e. The van der Waals surface area contributed by atoms with Gasteiger partial charge in [0.25, 0.3) is 0 Å². The molecular formula is C16H26N6S. The highest BCUT2D eigenvalue weighted by atomic mass is 32.1. The van der Waals surface area contributed by atoms with Crippen LogP contribution in [0.2, 0.25) is 0 Å². The number of thiazole rings is 1. The highest BCUT2D eigenvalue weighted by Gasteiger charge is 2.08. The average Bonchev–Trinajstić information content (AvgIpc) is 3.11. The fourth-order valence-electron chi connectivity index (χ4n) is 2.34. The summed E-state index contributed by atoms with van der Waals surface area (Å²) in [6.45, 7) is 6.57. The lowest BCUT2D eigenvalue weighted by Crippen LogP contribution is -2.38. The molecular weight excluding hydrogens is 308 g/mol. The van der Waals surface area contributed by atoms with Crippen LogP contribution in [0, 0.1) is 6.92 Å². The van der Waals surface area contributed by atoms with Gasteiger partial charge in [0, 0.05) is 38.8 Å². The van der Waals surface area contributed by atoms with Gasteiger partial charge in [0.15, 0.2) is 5.96 Å². The summed E-state index contributed by atoms with van der Waals surface area (Å²) in [7, 11) is 4.00. The molecule has 23 heavy (non-hydrogen) atoms. The van der Waals surface area contributed by atoms with E-state index in [1.165, 1.54) is 5.56 Å². The molecule has 0 aliphatic rings. The lowest BCUT2D eigenvalue weighted by Gasteiger charge is -2.21. The van der Waals surface area contributed by atoms with Crippen molar-refractivity contribution in [1.29, 1.82) is 0 Å². The molecule has 0 fully saturated rings. The molecule has 0 aliphatic heterocycles. The van der Waals surface area contributed by atoms with E-state index in [1.807, 2.05) is 24.9 Å². The van der Waals surface area contributed by atoms with Crippen molar-refractivity contribution < 1.29 is 0 Å². The molecule has 0 bridgehead atoms. The fourth-order valence-corrected chi connectivity index (χ4v) is 2.94. The summed E-state index contributed by atoms with van der Waals surface area (Å²) in [5.41, 5.74) is 2.36. The standard InChI is InChI=1S/C16H26N6S/c1-5-17-16(21(3)11-15-12-23-13(2)20-15)18-8-6-7-14-9-19-22(4)10-14/h9-10,12H,5-8,11H2,1-4H3,(H,17,18). The third-order valence-electron chi connectivity index (χ3n) is 3.41. The maximum Gasteiger partial charge on any atom is 0.194 e. The Balaban J connectivity index is 1.85. The van der Waals surface area contributed by atoms with Crippen LogP contribution in [0.25, 0.3) is 0 Å². The van der Waals surface area contributed by atoms with Gasteiger partial charge in [-0.3, -0.25) is 9.67 Å². The van der Waals surface area contributed by atoms with Gasteiger partial charge in [-0.05, 0) is 32.3 Å². The first kappa shape index (κ1) is 17.5. The van der Waals surface area contributed by atoms with Crippen LogP contribution in [0.5, 0.6) is 0 Å². The maximum atomic E-state index is 4.72. The van der Waals surface area contributed by atoms with Gasteiger partial charge in [-0.1, -0.05) is 0 Å². The highest BCUT2D eigenvalue weighted by molar-refractivity contribution is 7.09. The summed E-state index contributed by atoms with van der Waals surface area (Å²) in [6, 6.07) is 0. The number of hydrogen-bond donors (Lipinski definition) is 1. The minimum Gasteiger partial charge on any atom is -0.357 e. The zero-order valence-electron chi connectivity index (χ0n) is 14.4. The molecule has 2 rings (SSSR count). The molecule has 2 aromatic rings. The average molecular weight is 334 g/mol. The number of nitrogens with zero attached hydrogens (tertiary/aromatic N) is 5. The molecule has 2 aromatic heterocycles. The quantitative estimate of drug-likeness (QED) is 0.479. The summed E-state index contributed by atoms with van der Waals surface area (Å²) in [5, 5.41) is 10.8. The molecule has 2 heterocycles. The SMILES string of the molecule is CCNC(=NCCCc1cnn(C)c1)N(C)Cc1csc(C)n1. The van der Waals surface area contributed by atoms with E-state index in [2.05, 4.69) is 45.8 Å². The van der Waals surface area contributed by atoms with Crippen LogP contribution in [0.1, 0.15) is 29.6 Å². The van der Waals surface area contributed by atoms with Crippen LogP contribution in [0.4, 0.5) is 0 Å². The van der Waals surface area contributed by atoms with Crippen molar-refractivity contribution in [2.45, 2.75) is 33.2 Å². The van der Waals surface area contributed by atoms with E-state index in [0.717, 1.165) is 49.1 Å². The molecule has 0 aliphatic carbocycles. The summed E-state index contributed by atoms with van der Waals surface area (Å²) in [4.78, 5) is 11.4. The Kier molecular flexibility index (Phi) is 6.58. The van der Waals surface area contributed by atoms with E-state index in [-0.39, 0.29) is 0 Å². The van der Waals surface area contributed by atoms with E-state index >= 15 is 0 Å². The molecule has 0 amide bonds. The first-order chi connectivity index (χ1) is 11.1. The van der Waals surface area contributed by atoms with E-state index in [0.29, 0.717) is 0 Å². The molecule has 0 radical (unpaired) electrons. The number of hydrogen-bond acceptors (Lipinski definition) is 4. The molecule has 1 N–H and O–H groups in total. The monoisotopic (exact) mass is 334 g/mol. The predicted molar refractivity (Wildman–Crippen MR) is 95.8 cm³/mol. The Hall–Kier alpha value is -1.89. The molecule has 126 valence electrons. The highest BCUT2D eigenvalue weighted by Crippen LogP contribution is 2.10. The Labute approximate surface area is 142 Å². The number of aliphatic imine (C=N–C) groups is 1. The van der Waals surface area contributed by atoms with E-state index in [9.17, 15) is 0 Å². The van der Waals surface area contributed by atoms with Crippen molar-refractivity contribution in [3.8, 4) is 0 Å². The topological polar surface area (TPSA) is 58.3 Å². The van der Waals surface area contributed by atoms with Crippen LogP contribution in [0.3, 0.4) is 0 Å². The number of rotatable bonds is 7. The second-order valence-corrected chi connectivity index (χ2v) is 6.64. The van der Waals surface area contributed by atoms with Crippen molar-refractivity contribution in [3.05, 3.63) is 34.0 Å². The van der Waals surface area contributed by atoms with Crippen molar-refractivity contribution in [2.75, 3.05) is 20.1 Å². The number of aryl methyl sites for hydroxylation is 3. The zero-order chi connectivity index (χ0) is 16.7. The van der Waals surface area contributed by atoms with Gasteiger partial charge in [-0.15, -0.1) is 11.3 Å². The Morgan fingerprint density at radius 2 is 2.30 bits per heavy atom. The van der Waals surface area contributed by atoms with Gasteiger partial charge in [-0.25, -0.2) is 4.98 Å². The van der Waals surface area contributed by atoms with Gasteiger partial charge in [0.1, 0.15) is 0 Å². The van der Waals surface area contributed by atoms with Crippen molar-refractivity contribution in [3.63, 3.8) is 0 Å². The second kappa shape index (κ2) is 8.67. The van der Waals surface area contributed by atoms with E-state index in [4.69, 9.17) is 4.99 Å². The molecule has 0 saturated carbocycles. The zero-order valence-corrected chi connectivity index (χ0v) is 15.2. The maximum absolute atomic E-state index is 4.72. The second-order valence-electron chi connectivity index (χ2n) is 5.58. The molecule has 6 nitrogen and oxygen atoms in total. The number of aromatic nitrogens is 3. The molecule has 0 unspecified atom stereocenters. The van der Waals surface area contributed by atoms with E-state index < -0.39 is 0 Å². The largest absolute Gasteiger partial charge is 0.357 e. The lowest BCUT2D eigenvalue weighted by atomic mass is 10.2. The molecule has 0 spiro atoms. The minimum atomic E-state index is 0.777. The summed E-state index contributed by atoms with van der Waals surface area (Å²) < 4.78 is 1.84. The van der Waals surface area contributed by atoms with Crippen LogP contribution in [-0.2, 0) is 20.0 Å². The van der Waals surface area contributed by atoms with Crippen LogP contribution < -0.4 is 5.32 Å². The van der Waals surface area contributed by atoms with Gasteiger partial charge in [-0.2, -0.15) is 5.10 Å². The molecule has 0 saturated heterocycles. The Morgan fingerprint density at radius 1 is 1.48 bits per heavy atom. The number of guanidine groups is 1. The lowest BCUT2D eigenvalue weighted by molar-refractivity contribution is 0.470. The number of nitrogens with one attached hydrogen (secondary N) is 1. The van der Waals surface area contributed by atoms with Crippen LogP contribution in [-0.4, -0.2) is 45.8 Å². The normalized spacial score (nSPS) is 11.7. The third-order valence-corrected chi connectivity index (χ3v) is 4.23. The van der Waals surface area contributed by atoms with Gasteiger partial charge < -0.3 is 10.2 Å². The fraction of sp³-hybridized carbons (Fsp3) is 0.562. The Bertz CT molecular complexity index is 630.